The Morgan fingerprint density at radius 1 is 1.21 bits per heavy atom. The zero-order valence-corrected chi connectivity index (χ0v) is 20.8. The molecule has 1 aromatic rings. The molecule has 3 rings (SSSR count). The number of nitrogens with zero attached hydrogens (tertiary/aromatic N) is 2. The lowest BCUT2D eigenvalue weighted by molar-refractivity contribution is -0.127. The van der Waals surface area contributed by atoms with Crippen LogP contribution in [0.3, 0.4) is 0 Å². The molecule has 0 bridgehead atoms. The van der Waals surface area contributed by atoms with E-state index in [-0.39, 0.29) is 35.8 Å². The van der Waals surface area contributed by atoms with Crippen LogP contribution in [0, 0.1) is 11.8 Å². The topological polar surface area (TPSA) is 68.8 Å². The lowest BCUT2D eigenvalue weighted by atomic mass is 9.85. The largest absolute Gasteiger partial charge is 0.356 e. The van der Waals surface area contributed by atoms with Gasteiger partial charge in [-0.05, 0) is 63.1 Å². The lowest BCUT2D eigenvalue weighted by Gasteiger charge is -2.39. The lowest BCUT2D eigenvalue weighted by Crippen LogP contribution is -2.45. The summed E-state index contributed by atoms with van der Waals surface area (Å²) in [6.07, 6.45) is 6.71. The van der Waals surface area contributed by atoms with Crippen molar-refractivity contribution in [2.24, 2.45) is 16.8 Å². The molecule has 2 unspecified atom stereocenters. The minimum atomic E-state index is 0. The molecule has 29 heavy (non-hydrogen) atoms. The van der Waals surface area contributed by atoms with E-state index in [2.05, 4.69) is 50.4 Å². The molecule has 2 atom stereocenters. The fourth-order valence-electron chi connectivity index (χ4n) is 4.15. The molecular weight excluding hydrogens is 497 g/mol. The van der Waals surface area contributed by atoms with Crippen LogP contribution >= 0.6 is 35.3 Å². The van der Waals surface area contributed by atoms with Gasteiger partial charge < -0.3 is 16.0 Å². The van der Waals surface area contributed by atoms with Gasteiger partial charge in [0.15, 0.2) is 5.96 Å². The molecule has 3 N–H and O–H groups in total. The normalized spacial score (nSPS) is 23.0. The van der Waals surface area contributed by atoms with Gasteiger partial charge in [-0.15, -0.1) is 35.3 Å². The number of guanidine groups is 1. The van der Waals surface area contributed by atoms with Crippen molar-refractivity contribution in [2.45, 2.75) is 44.6 Å². The Balaban J connectivity index is 0.00000300. The molecule has 2 heterocycles. The first-order chi connectivity index (χ1) is 13.7. The molecule has 164 valence electrons. The van der Waals surface area contributed by atoms with Crippen molar-refractivity contribution in [3.05, 3.63) is 22.4 Å². The Morgan fingerprint density at radius 3 is 2.66 bits per heavy atom. The summed E-state index contributed by atoms with van der Waals surface area (Å²) in [5, 5.41) is 12.1. The Labute approximate surface area is 196 Å². The average molecular weight is 534 g/mol. The maximum atomic E-state index is 11.8. The molecule has 0 aromatic carbocycles. The molecule has 0 radical (unpaired) electrons. The number of thiophene rings is 1. The maximum Gasteiger partial charge on any atom is 0.223 e. The van der Waals surface area contributed by atoms with Crippen molar-refractivity contribution in [2.75, 3.05) is 40.3 Å². The van der Waals surface area contributed by atoms with Crippen molar-refractivity contribution >= 4 is 47.2 Å². The highest BCUT2D eigenvalue weighted by atomic mass is 127. The molecule has 1 aliphatic carbocycles. The third-order valence-corrected chi connectivity index (χ3v) is 6.96. The monoisotopic (exact) mass is 533 g/mol. The fourth-order valence-corrected chi connectivity index (χ4v) is 5.14. The summed E-state index contributed by atoms with van der Waals surface area (Å²) in [4.78, 5) is 20.1. The second-order valence-electron chi connectivity index (χ2n) is 8.00. The number of carbonyl (C=O) groups is 1. The van der Waals surface area contributed by atoms with Crippen LogP contribution in [0.2, 0.25) is 0 Å². The third-order valence-electron chi connectivity index (χ3n) is 6.02. The summed E-state index contributed by atoms with van der Waals surface area (Å²) in [5.41, 5.74) is 0. The summed E-state index contributed by atoms with van der Waals surface area (Å²) in [5.74, 6) is 1.93. The maximum absolute atomic E-state index is 11.8. The van der Waals surface area contributed by atoms with Gasteiger partial charge >= 0.3 is 0 Å². The van der Waals surface area contributed by atoms with Crippen LogP contribution in [0.5, 0.6) is 0 Å². The molecule has 1 saturated carbocycles. The van der Waals surface area contributed by atoms with Crippen LogP contribution in [0.15, 0.2) is 22.5 Å². The number of hydrogen-bond donors (Lipinski definition) is 3. The zero-order valence-electron chi connectivity index (χ0n) is 17.7. The van der Waals surface area contributed by atoms with Crippen LogP contribution < -0.4 is 16.0 Å². The second kappa shape index (κ2) is 12.7. The molecule has 1 amide bonds. The number of rotatable bonds is 8. The Morgan fingerprint density at radius 2 is 2.00 bits per heavy atom. The minimum Gasteiger partial charge on any atom is -0.356 e. The van der Waals surface area contributed by atoms with E-state index in [1.54, 1.807) is 0 Å². The van der Waals surface area contributed by atoms with E-state index in [0.717, 1.165) is 44.9 Å². The Kier molecular flexibility index (Phi) is 10.7. The number of aliphatic imine (C=N–C) groups is 1. The summed E-state index contributed by atoms with van der Waals surface area (Å²) < 4.78 is 0. The average Bonchev–Trinajstić information content (AvgIpc) is 3.16. The smallest absolute Gasteiger partial charge is 0.223 e. The quantitative estimate of drug-likeness (QED) is 0.208. The van der Waals surface area contributed by atoms with Gasteiger partial charge in [0.25, 0.3) is 0 Å². The zero-order chi connectivity index (χ0) is 19.8. The van der Waals surface area contributed by atoms with Crippen molar-refractivity contribution in [1.82, 2.24) is 20.9 Å². The third kappa shape index (κ3) is 7.10. The van der Waals surface area contributed by atoms with Gasteiger partial charge in [0, 0.05) is 43.5 Å². The van der Waals surface area contributed by atoms with Gasteiger partial charge in [-0.3, -0.25) is 14.7 Å². The van der Waals surface area contributed by atoms with E-state index in [1.165, 1.54) is 30.7 Å². The van der Waals surface area contributed by atoms with Crippen molar-refractivity contribution in [1.29, 1.82) is 0 Å². The minimum absolute atomic E-state index is 0. The molecule has 1 aromatic heterocycles. The molecule has 8 heteroatoms. The number of piperidine rings is 1. The van der Waals surface area contributed by atoms with Crippen LogP contribution in [-0.4, -0.2) is 57.0 Å². The standard InChI is InChI=1S/C21H35N5OS.HI/c1-22-21(24-12-6-11-23-20(27)16-7-3-8-16)25-15-17-9-4-13-26(2)19(17)18-10-5-14-28-18;/h5,10,14,16-17,19H,3-4,6-9,11-13,15H2,1-2H3,(H,23,27)(H2,22,24,25);1H. The summed E-state index contributed by atoms with van der Waals surface area (Å²) in [7, 11) is 4.05. The van der Waals surface area contributed by atoms with Gasteiger partial charge in [0.1, 0.15) is 0 Å². The van der Waals surface area contributed by atoms with Gasteiger partial charge in [0.05, 0.1) is 0 Å². The number of nitrogens with one attached hydrogen (secondary N) is 3. The molecular formula is C21H36IN5OS. The van der Waals surface area contributed by atoms with E-state index >= 15 is 0 Å². The predicted octanol–water partition coefficient (Wildman–Crippen LogP) is 3.22. The first-order valence-electron chi connectivity index (χ1n) is 10.6. The highest BCUT2D eigenvalue weighted by Crippen LogP contribution is 2.36. The van der Waals surface area contributed by atoms with E-state index in [9.17, 15) is 4.79 Å². The van der Waals surface area contributed by atoms with Gasteiger partial charge in [-0.2, -0.15) is 0 Å². The summed E-state index contributed by atoms with van der Waals surface area (Å²) >= 11 is 1.86. The first kappa shape index (κ1) is 24.4. The SMILES string of the molecule is CN=C(NCCCNC(=O)C1CCC1)NCC1CCCN(C)C1c1cccs1.I. The number of likely N-dealkylation sites (tertiary alicyclic amines) is 1. The number of amides is 1. The molecule has 6 nitrogen and oxygen atoms in total. The van der Waals surface area contributed by atoms with Gasteiger partial charge in [-0.1, -0.05) is 12.5 Å². The van der Waals surface area contributed by atoms with Crippen molar-refractivity contribution < 1.29 is 4.79 Å². The molecule has 1 saturated heterocycles. The predicted molar refractivity (Wildman–Crippen MR) is 132 cm³/mol. The van der Waals surface area contributed by atoms with E-state index < -0.39 is 0 Å². The van der Waals surface area contributed by atoms with Crippen LogP contribution in [0.25, 0.3) is 0 Å². The summed E-state index contributed by atoms with van der Waals surface area (Å²) in [6.45, 7) is 3.63. The van der Waals surface area contributed by atoms with Crippen LogP contribution in [0.4, 0.5) is 0 Å². The Bertz CT molecular complexity index is 635. The number of carbonyl (C=O) groups excluding carboxylic acids is 1. The second-order valence-corrected chi connectivity index (χ2v) is 8.97. The molecule has 2 fully saturated rings. The van der Waals surface area contributed by atoms with Crippen LogP contribution in [-0.2, 0) is 4.79 Å². The molecule has 1 aliphatic heterocycles. The van der Waals surface area contributed by atoms with Gasteiger partial charge in [-0.25, -0.2) is 0 Å². The molecule has 2 aliphatic rings. The van der Waals surface area contributed by atoms with E-state index in [0.29, 0.717) is 12.0 Å². The van der Waals surface area contributed by atoms with Crippen molar-refractivity contribution in [3.8, 4) is 0 Å². The summed E-state index contributed by atoms with van der Waals surface area (Å²) in [6, 6.07) is 4.90. The van der Waals surface area contributed by atoms with E-state index in [1.807, 2.05) is 18.4 Å². The Hall–Kier alpha value is -0.870. The molecule has 0 spiro atoms. The highest BCUT2D eigenvalue weighted by molar-refractivity contribution is 14.0. The number of hydrogen-bond acceptors (Lipinski definition) is 4. The highest BCUT2D eigenvalue weighted by Gasteiger charge is 2.31. The number of halogens is 1. The first-order valence-corrected chi connectivity index (χ1v) is 11.5. The van der Waals surface area contributed by atoms with Gasteiger partial charge in [0.2, 0.25) is 5.91 Å². The van der Waals surface area contributed by atoms with E-state index in [4.69, 9.17) is 0 Å². The van der Waals surface area contributed by atoms with Crippen molar-refractivity contribution in [3.63, 3.8) is 0 Å². The fraction of sp³-hybridized carbons (Fsp3) is 0.714. The van der Waals surface area contributed by atoms with Crippen LogP contribution in [0.1, 0.15) is 49.4 Å².